The highest BCUT2D eigenvalue weighted by Crippen LogP contribution is 2.31. The molecule has 1 amide bonds. The summed E-state index contributed by atoms with van der Waals surface area (Å²) in [4.78, 5) is 26.2. The van der Waals surface area contributed by atoms with Crippen LogP contribution in [0.15, 0.2) is 66.7 Å². The molecule has 168 valence electrons. The number of ether oxygens (including phenoxy) is 1. The molecule has 0 spiro atoms. The molecule has 0 aliphatic carbocycles. The second-order valence-electron chi connectivity index (χ2n) is 7.58. The normalized spacial score (nSPS) is 10.9. The van der Waals surface area contributed by atoms with E-state index in [1.807, 2.05) is 60.9 Å². The maximum atomic E-state index is 13.3. The number of Topliss-reactive ketones (excluding diaryl/α,β-unsaturated/α-hetero) is 1. The van der Waals surface area contributed by atoms with Crippen molar-refractivity contribution in [3.8, 4) is 5.75 Å². The van der Waals surface area contributed by atoms with E-state index in [-0.39, 0.29) is 0 Å². The van der Waals surface area contributed by atoms with E-state index < -0.39 is 11.7 Å². The van der Waals surface area contributed by atoms with Gasteiger partial charge in [-0.3, -0.25) is 9.59 Å². The number of nitrogens with one attached hydrogen (secondary N) is 1. The molecule has 0 saturated carbocycles. The number of ketones is 1. The maximum absolute atomic E-state index is 13.3. The molecule has 1 heterocycles. The van der Waals surface area contributed by atoms with Crippen LogP contribution in [0.25, 0.3) is 10.9 Å². The Labute approximate surface area is 201 Å². The Morgan fingerprint density at radius 2 is 1.58 bits per heavy atom. The van der Waals surface area contributed by atoms with E-state index in [1.165, 1.54) is 0 Å². The van der Waals surface area contributed by atoms with Gasteiger partial charge in [0.25, 0.3) is 11.7 Å². The number of benzene rings is 3. The third kappa shape index (κ3) is 4.90. The van der Waals surface area contributed by atoms with Crippen LogP contribution in [-0.2, 0) is 11.3 Å². The van der Waals surface area contributed by atoms with Gasteiger partial charge in [-0.25, -0.2) is 0 Å². The number of fused-ring (bicyclic) bond motifs is 1. The molecule has 1 aromatic heterocycles. The van der Waals surface area contributed by atoms with Crippen molar-refractivity contribution in [2.45, 2.75) is 20.4 Å². The van der Waals surface area contributed by atoms with Crippen LogP contribution in [0, 0.1) is 6.92 Å². The minimum atomic E-state index is -0.715. The molecular formula is C26H22Cl2N2O3. The fraction of sp³-hybridized carbons (Fsp3) is 0.154. The highest BCUT2D eigenvalue weighted by Gasteiger charge is 2.26. The van der Waals surface area contributed by atoms with E-state index in [9.17, 15) is 9.59 Å². The fourth-order valence-electron chi connectivity index (χ4n) is 3.82. The molecule has 4 aromatic rings. The molecule has 1 N–H and O–H groups in total. The first-order valence-electron chi connectivity index (χ1n) is 10.5. The summed E-state index contributed by atoms with van der Waals surface area (Å²) in [5.41, 5.74) is 3.42. The summed E-state index contributed by atoms with van der Waals surface area (Å²) in [6, 6.07) is 19.7. The second kappa shape index (κ2) is 9.69. The van der Waals surface area contributed by atoms with Crippen LogP contribution in [0.4, 0.5) is 5.69 Å². The molecule has 0 atom stereocenters. The molecule has 7 heteroatoms. The summed E-state index contributed by atoms with van der Waals surface area (Å²) < 4.78 is 7.67. The SMILES string of the molecule is CCOc1ccc2c(c1)c(C(=O)C(=O)Nc1ccc(Cl)cc1)c(C)n2Cc1ccc(Cl)cc1. The average Bonchev–Trinajstić information content (AvgIpc) is 3.07. The van der Waals surface area contributed by atoms with Gasteiger partial charge in [-0.1, -0.05) is 35.3 Å². The van der Waals surface area contributed by atoms with Crippen LogP contribution in [-0.4, -0.2) is 22.9 Å². The zero-order valence-corrected chi connectivity index (χ0v) is 19.7. The molecule has 5 nitrogen and oxygen atoms in total. The number of carbonyl (C=O) groups is 2. The molecule has 33 heavy (non-hydrogen) atoms. The van der Waals surface area contributed by atoms with Crippen molar-refractivity contribution in [2.24, 2.45) is 0 Å². The zero-order valence-electron chi connectivity index (χ0n) is 18.2. The lowest BCUT2D eigenvalue weighted by Crippen LogP contribution is -2.23. The second-order valence-corrected chi connectivity index (χ2v) is 8.45. The third-order valence-electron chi connectivity index (χ3n) is 5.40. The van der Waals surface area contributed by atoms with E-state index >= 15 is 0 Å². The standard InChI is InChI=1S/C26H22Cl2N2O3/c1-3-33-21-12-13-23-22(14-21)24(16(2)30(23)15-17-4-6-18(27)7-5-17)25(31)26(32)29-20-10-8-19(28)9-11-20/h4-14H,3,15H2,1-2H3,(H,29,32). The summed E-state index contributed by atoms with van der Waals surface area (Å²) in [5, 5.41) is 4.53. The minimum Gasteiger partial charge on any atom is -0.494 e. The number of hydrogen-bond donors (Lipinski definition) is 1. The van der Waals surface area contributed by atoms with Gasteiger partial charge in [0.15, 0.2) is 0 Å². The highest BCUT2D eigenvalue weighted by molar-refractivity contribution is 6.48. The predicted molar refractivity (Wildman–Crippen MR) is 133 cm³/mol. The van der Waals surface area contributed by atoms with Crippen LogP contribution in [0.5, 0.6) is 5.75 Å². The lowest BCUT2D eigenvalue weighted by atomic mass is 10.1. The quantitative estimate of drug-likeness (QED) is 0.241. The molecule has 0 aliphatic rings. The highest BCUT2D eigenvalue weighted by atomic mass is 35.5. The monoisotopic (exact) mass is 480 g/mol. The van der Waals surface area contributed by atoms with Crippen LogP contribution in [0.3, 0.4) is 0 Å². The van der Waals surface area contributed by atoms with E-state index in [1.54, 1.807) is 24.3 Å². The molecule has 3 aromatic carbocycles. The number of carbonyl (C=O) groups excluding carboxylic acids is 2. The molecule has 0 aliphatic heterocycles. The van der Waals surface area contributed by atoms with E-state index in [4.69, 9.17) is 27.9 Å². The molecule has 0 fully saturated rings. The molecule has 0 radical (unpaired) electrons. The first kappa shape index (κ1) is 22.9. The van der Waals surface area contributed by atoms with E-state index in [0.717, 1.165) is 11.1 Å². The van der Waals surface area contributed by atoms with Gasteiger partial charge < -0.3 is 14.6 Å². The first-order chi connectivity index (χ1) is 15.9. The smallest absolute Gasteiger partial charge is 0.296 e. The van der Waals surface area contributed by atoms with Gasteiger partial charge in [0.1, 0.15) is 5.75 Å². The van der Waals surface area contributed by atoms with Crippen LogP contribution >= 0.6 is 23.2 Å². The number of hydrogen-bond acceptors (Lipinski definition) is 3. The van der Waals surface area contributed by atoms with E-state index in [2.05, 4.69) is 5.32 Å². The van der Waals surface area contributed by atoms with Crippen molar-refractivity contribution in [3.05, 3.63) is 93.6 Å². The Morgan fingerprint density at radius 1 is 0.939 bits per heavy atom. The molecule has 0 unspecified atom stereocenters. The van der Waals surface area contributed by atoms with Gasteiger partial charge in [0.05, 0.1) is 12.2 Å². The Balaban J connectivity index is 1.76. The first-order valence-corrected chi connectivity index (χ1v) is 11.2. The number of rotatable bonds is 7. The Bertz CT molecular complexity index is 1330. The average molecular weight is 481 g/mol. The van der Waals surface area contributed by atoms with E-state index in [0.29, 0.717) is 51.3 Å². The van der Waals surface area contributed by atoms with Crippen molar-refractivity contribution in [2.75, 3.05) is 11.9 Å². The molecular weight excluding hydrogens is 459 g/mol. The maximum Gasteiger partial charge on any atom is 0.296 e. The van der Waals surface area contributed by atoms with Gasteiger partial charge in [-0.05, 0) is 74.0 Å². The Hall–Kier alpha value is -3.28. The summed E-state index contributed by atoms with van der Waals surface area (Å²) >= 11 is 11.9. The molecule has 0 bridgehead atoms. The zero-order chi connectivity index (χ0) is 23.5. The van der Waals surface area contributed by atoms with Crippen LogP contribution in [0.2, 0.25) is 10.0 Å². The van der Waals surface area contributed by atoms with Crippen molar-refractivity contribution in [3.63, 3.8) is 0 Å². The van der Waals surface area contributed by atoms with Gasteiger partial charge in [0, 0.05) is 38.9 Å². The number of nitrogens with zero attached hydrogens (tertiary/aromatic N) is 1. The summed E-state index contributed by atoms with van der Waals surface area (Å²) in [6.07, 6.45) is 0. The minimum absolute atomic E-state index is 0.354. The lowest BCUT2D eigenvalue weighted by molar-refractivity contribution is -0.112. The van der Waals surface area contributed by atoms with Gasteiger partial charge in [-0.2, -0.15) is 0 Å². The Morgan fingerprint density at radius 3 is 2.21 bits per heavy atom. The van der Waals surface area contributed by atoms with Crippen LogP contribution < -0.4 is 10.1 Å². The van der Waals surface area contributed by atoms with Crippen molar-refractivity contribution >= 4 is 51.5 Å². The number of aromatic nitrogens is 1. The largest absolute Gasteiger partial charge is 0.494 e. The lowest BCUT2D eigenvalue weighted by Gasteiger charge is -2.10. The Kier molecular flexibility index (Phi) is 6.72. The summed E-state index contributed by atoms with van der Waals surface area (Å²) in [5.74, 6) is -0.690. The van der Waals surface area contributed by atoms with Gasteiger partial charge in [0.2, 0.25) is 0 Å². The number of halogens is 2. The fourth-order valence-corrected chi connectivity index (χ4v) is 4.07. The number of anilines is 1. The van der Waals surface area contributed by atoms with Crippen molar-refractivity contribution in [1.82, 2.24) is 4.57 Å². The van der Waals surface area contributed by atoms with Crippen molar-refractivity contribution < 1.29 is 14.3 Å². The van der Waals surface area contributed by atoms with Crippen molar-refractivity contribution in [1.29, 1.82) is 0 Å². The molecule has 4 rings (SSSR count). The molecule has 0 saturated heterocycles. The predicted octanol–water partition coefficient (Wildman–Crippen LogP) is 6.52. The summed E-state index contributed by atoms with van der Waals surface area (Å²) in [7, 11) is 0. The van der Waals surface area contributed by atoms with Gasteiger partial charge in [-0.15, -0.1) is 0 Å². The topological polar surface area (TPSA) is 60.3 Å². The third-order valence-corrected chi connectivity index (χ3v) is 5.90. The van der Waals surface area contributed by atoms with Crippen LogP contribution in [0.1, 0.15) is 28.5 Å². The number of amides is 1. The summed E-state index contributed by atoms with van der Waals surface area (Å²) in [6.45, 7) is 4.77. The van der Waals surface area contributed by atoms with Gasteiger partial charge >= 0.3 is 0 Å².